The van der Waals surface area contributed by atoms with Crippen LogP contribution < -0.4 is 0 Å². The van der Waals surface area contributed by atoms with E-state index in [4.69, 9.17) is 8.85 Å². The highest BCUT2D eigenvalue weighted by Gasteiger charge is 2.47. The van der Waals surface area contributed by atoms with E-state index >= 15 is 0 Å². The van der Waals surface area contributed by atoms with Gasteiger partial charge in [0.05, 0.1) is 12.2 Å². The number of allylic oxidation sites excluding steroid dienone is 1. The second-order valence-corrected chi connectivity index (χ2v) is 23.0. The van der Waals surface area contributed by atoms with Gasteiger partial charge in [0.2, 0.25) is 0 Å². The molecule has 0 spiro atoms. The molecule has 0 amide bonds. The number of unbranched alkanes of at least 4 members (excludes halogenated alkanes) is 3. The van der Waals surface area contributed by atoms with E-state index in [1.807, 2.05) is 6.08 Å². The van der Waals surface area contributed by atoms with Crippen molar-refractivity contribution < 1.29 is 13.6 Å². The van der Waals surface area contributed by atoms with Crippen LogP contribution >= 0.6 is 0 Å². The van der Waals surface area contributed by atoms with E-state index in [1.165, 1.54) is 25.7 Å². The average molecular weight is 509 g/mol. The molecule has 0 heterocycles. The molecule has 1 unspecified atom stereocenters. The van der Waals surface area contributed by atoms with Gasteiger partial charge in [0.25, 0.3) is 0 Å². The minimum Gasteiger partial charge on any atom is -0.413 e. The highest BCUT2D eigenvalue weighted by Crippen LogP contribution is 2.43. The van der Waals surface area contributed by atoms with Gasteiger partial charge in [0.1, 0.15) is 5.78 Å². The molecule has 0 radical (unpaired) electrons. The molecule has 1 saturated carbocycles. The molecule has 0 aromatic heterocycles. The maximum atomic E-state index is 13.0. The summed E-state index contributed by atoms with van der Waals surface area (Å²) in [5.41, 5.74) is 0. The third-order valence-electron chi connectivity index (χ3n) is 8.53. The molecule has 0 aliphatic heterocycles. The molecule has 1 fully saturated rings. The summed E-state index contributed by atoms with van der Waals surface area (Å²) in [7, 11) is -3.88. The number of rotatable bonds is 13. The molecule has 1 aliphatic rings. The van der Waals surface area contributed by atoms with Gasteiger partial charge in [-0.25, -0.2) is 0 Å². The van der Waals surface area contributed by atoms with Gasteiger partial charge in [-0.2, -0.15) is 0 Å². The molecular weight excluding hydrogens is 452 g/mol. The van der Waals surface area contributed by atoms with E-state index in [0.717, 1.165) is 12.8 Å². The monoisotopic (exact) mass is 508 g/mol. The van der Waals surface area contributed by atoms with Gasteiger partial charge in [-0.05, 0) is 49.1 Å². The summed E-state index contributed by atoms with van der Waals surface area (Å²) < 4.78 is 13.7. The van der Waals surface area contributed by atoms with E-state index in [2.05, 4.69) is 93.4 Å². The topological polar surface area (TPSA) is 35.5 Å². The van der Waals surface area contributed by atoms with Crippen molar-refractivity contribution in [2.45, 2.75) is 142 Å². The normalized spacial score (nSPS) is 23.6. The number of carbonyl (C=O) groups excluding carboxylic acids is 1. The first-order valence-corrected chi connectivity index (χ1v) is 19.5. The fourth-order valence-electron chi connectivity index (χ4n) is 4.14. The highest BCUT2D eigenvalue weighted by atomic mass is 28.4. The Balaban J connectivity index is 3.19. The molecule has 0 N–H and O–H groups in total. The summed E-state index contributed by atoms with van der Waals surface area (Å²) in [6, 6.07) is 0. The van der Waals surface area contributed by atoms with Gasteiger partial charge in [0, 0.05) is 18.3 Å². The van der Waals surface area contributed by atoms with Crippen LogP contribution in [0.15, 0.2) is 24.8 Å². The number of ketones is 1. The lowest BCUT2D eigenvalue weighted by Crippen LogP contribution is -2.45. The Morgan fingerprint density at radius 2 is 1.59 bits per heavy atom. The van der Waals surface area contributed by atoms with E-state index in [-0.39, 0.29) is 34.1 Å². The van der Waals surface area contributed by atoms with Crippen LogP contribution in [0.5, 0.6) is 0 Å². The molecule has 0 saturated heterocycles. The summed E-state index contributed by atoms with van der Waals surface area (Å²) in [5, 5.41) is 0.291. The van der Waals surface area contributed by atoms with Crippen molar-refractivity contribution in [2.75, 3.05) is 0 Å². The maximum absolute atomic E-state index is 13.0. The van der Waals surface area contributed by atoms with E-state index < -0.39 is 16.6 Å². The largest absolute Gasteiger partial charge is 0.413 e. The van der Waals surface area contributed by atoms with Crippen molar-refractivity contribution in [3.05, 3.63) is 24.8 Å². The summed E-state index contributed by atoms with van der Waals surface area (Å²) in [6.45, 7) is 29.1. The predicted molar refractivity (Wildman–Crippen MR) is 153 cm³/mol. The Bertz CT molecular complexity index is 682. The van der Waals surface area contributed by atoms with Gasteiger partial charge >= 0.3 is 0 Å². The van der Waals surface area contributed by atoms with Crippen molar-refractivity contribution in [1.82, 2.24) is 0 Å². The summed E-state index contributed by atoms with van der Waals surface area (Å²) in [5.74, 6) is 0.390. The van der Waals surface area contributed by atoms with E-state index in [9.17, 15) is 4.79 Å². The molecule has 4 atom stereocenters. The molecule has 1 aliphatic carbocycles. The Labute approximate surface area is 214 Å². The van der Waals surface area contributed by atoms with Gasteiger partial charge in [0.15, 0.2) is 16.6 Å². The lowest BCUT2D eigenvalue weighted by molar-refractivity contribution is -0.121. The van der Waals surface area contributed by atoms with Crippen LogP contribution in [0.3, 0.4) is 0 Å². The van der Waals surface area contributed by atoms with Crippen molar-refractivity contribution in [3.8, 4) is 0 Å². The first kappa shape index (κ1) is 31.5. The summed E-state index contributed by atoms with van der Waals surface area (Å²) in [4.78, 5) is 13.0. The quantitative estimate of drug-likeness (QED) is 0.141. The molecule has 34 heavy (non-hydrogen) atoms. The lowest BCUT2D eigenvalue weighted by Gasteiger charge is -2.40. The number of hydrogen-bond donors (Lipinski definition) is 0. The van der Waals surface area contributed by atoms with Crippen LogP contribution in [0.4, 0.5) is 0 Å². The minimum atomic E-state index is -1.98. The smallest absolute Gasteiger partial charge is 0.192 e. The second-order valence-electron chi connectivity index (χ2n) is 13.4. The van der Waals surface area contributed by atoms with Crippen molar-refractivity contribution in [3.63, 3.8) is 0 Å². The van der Waals surface area contributed by atoms with Crippen LogP contribution in [-0.4, -0.2) is 34.6 Å². The molecule has 5 heteroatoms. The van der Waals surface area contributed by atoms with Crippen LogP contribution in [-0.2, 0) is 13.6 Å². The molecule has 3 nitrogen and oxygen atoms in total. The van der Waals surface area contributed by atoms with Crippen molar-refractivity contribution >= 4 is 22.4 Å². The first-order chi connectivity index (χ1) is 15.5. The Morgan fingerprint density at radius 3 is 2.09 bits per heavy atom. The zero-order valence-corrected chi connectivity index (χ0v) is 26.4. The fourth-order valence-corrected chi connectivity index (χ4v) is 6.79. The van der Waals surface area contributed by atoms with Crippen LogP contribution in [0.25, 0.3) is 0 Å². The Kier molecular flexibility index (Phi) is 11.7. The van der Waals surface area contributed by atoms with Gasteiger partial charge < -0.3 is 8.85 Å². The van der Waals surface area contributed by atoms with Crippen LogP contribution in [0, 0.1) is 11.8 Å². The van der Waals surface area contributed by atoms with E-state index in [0.29, 0.717) is 12.2 Å². The molecule has 0 bridgehead atoms. The van der Waals surface area contributed by atoms with Crippen LogP contribution in [0.1, 0.15) is 93.4 Å². The molecule has 1 rings (SSSR count). The first-order valence-electron chi connectivity index (χ1n) is 13.6. The zero-order chi connectivity index (χ0) is 26.4. The second kappa shape index (κ2) is 12.6. The molecule has 0 aromatic carbocycles. The van der Waals surface area contributed by atoms with Crippen molar-refractivity contribution in [1.29, 1.82) is 0 Å². The minimum absolute atomic E-state index is 0.0304. The molecule has 0 aromatic rings. The standard InChI is InChI=1S/C29H56O3Si2/c1-13-15-16-17-19-23(31-33(9,10)28(3,4)5)20-21-25-24(18-14-2)26(30)22-27(25)32-34(11,12)29(6,7)8/h14,20-21,23-25,27H,2,13,15-19,22H2,1,3-12H3/t23-,24+,25+,27?/m0/s1. The fraction of sp³-hybridized carbons (Fsp3) is 0.828. The average Bonchev–Trinajstić information content (AvgIpc) is 2.95. The van der Waals surface area contributed by atoms with Crippen molar-refractivity contribution in [2.24, 2.45) is 11.8 Å². The molecular formula is C29H56O3Si2. The summed E-state index contributed by atoms with van der Waals surface area (Å²) in [6.07, 6.45) is 13.8. The molecule has 198 valence electrons. The Hall–Kier alpha value is -0.496. The maximum Gasteiger partial charge on any atom is 0.192 e. The van der Waals surface area contributed by atoms with Gasteiger partial charge in [-0.1, -0.05) is 92.4 Å². The van der Waals surface area contributed by atoms with Gasteiger partial charge in [-0.3, -0.25) is 4.79 Å². The third kappa shape index (κ3) is 8.86. The van der Waals surface area contributed by atoms with E-state index in [1.54, 1.807) is 0 Å². The highest BCUT2D eigenvalue weighted by molar-refractivity contribution is 6.74. The zero-order valence-electron chi connectivity index (χ0n) is 24.4. The number of Topliss-reactive ketones (excluding diaryl/α,β-unsaturated/α-hetero) is 1. The van der Waals surface area contributed by atoms with Crippen LogP contribution in [0.2, 0.25) is 36.3 Å². The Morgan fingerprint density at radius 1 is 1.00 bits per heavy atom. The lowest BCUT2D eigenvalue weighted by atomic mass is 9.90. The summed E-state index contributed by atoms with van der Waals surface area (Å²) >= 11 is 0. The SMILES string of the molecule is C=CC[C@H]1C(=O)CC(O[Si](C)(C)C(C)(C)C)[C@@H]1C=C[C@H](CCCCCC)O[Si](C)(C)C(C)(C)C. The third-order valence-corrected chi connectivity index (χ3v) is 17.5. The van der Waals surface area contributed by atoms with Gasteiger partial charge in [-0.15, -0.1) is 6.58 Å². The number of carbonyl (C=O) groups is 1. The number of hydrogen-bond acceptors (Lipinski definition) is 3. The predicted octanol–water partition coefficient (Wildman–Crippen LogP) is 9.08.